The van der Waals surface area contributed by atoms with Crippen molar-refractivity contribution in [1.29, 1.82) is 0 Å². The number of hydrogen-bond acceptors (Lipinski definition) is 3. The molecule has 21 heavy (non-hydrogen) atoms. The monoisotopic (exact) mass is 281 g/mol. The first-order valence-electron chi connectivity index (χ1n) is 7.22. The number of aliphatic hydroxyl groups excluding tert-OH is 1. The second-order valence-electron chi connectivity index (χ2n) is 5.25. The normalized spacial score (nSPS) is 12.7. The minimum Gasteiger partial charge on any atom is -0.388 e. The lowest BCUT2D eigenvalue weighted by Gasteiger charge is -2.12. The van der Waals surface area contributed by atoms with Crippen LogP contribution in [0, 0.1) is 6.92 Å². The third-order valence-electron chi connectivity index (χ3n) is 3.76. The molecular weight excluding hydrogens is 262 g/mol. The lowest BCUT2D eigenvalue weighted by Crippen LogP contribution is -2.08. The lowest BCUT2D eigenvalue weighted by atomic mass is 10.0. The topological polar surface area (TPSA) is 50.9 Å². The Hall–Kier alpha value is -2.20. The molecule has 0 fully saturated rings. The zero-order valence-corrected chi connectivity index (χ0v) is 12.3. The molecule has 0 aliphatic rings. The fraction of sp³-hybridized carbons (Fsp3) is 0.294. The Morgan fingerprint density at radius 1 is 1.24 bits per heavy atom. The molecular formula is C17H19N3O. The van der Waals surface area contributed by atoms with Crippen LogP contribution in [-0.4, -0.2) is 19.6 Å². The minimum atomic E-state index is -0.552. The standard InChI is InChI=1S/C17H19N3O/c1-3-20-9-8-18-17(20)11-16(21)14-6-7-15-13(10-14)5-4-12(2)19-15/h4-10,16,21H,3,11H2,1-2H3. The van der Waals surface area contributed by atoms with Crippen molar-refractivity contribution in [3.05, 3.63) is 59.8 Å². The molecule has 0 bridgehead atoms. The Morgan fingerprint density at radius 2 is 2.10 bits per heavy atom. The third kappa shape index (κ3) is 2.81. The van der Waals surface area contributed by atoms with Crippen LogP contribution in [0.3, 0.4) is 0 Å². The smallest absolute Gasteiger partial charge is 0.111 e. The number of pyridine rings is 1. The van der Waals surface area contributed by atoms with Crippen LogP contribution < -0.4 is 0 Å². The number of benzene rings is 1. The molecule has 4 heteroatoms. The molecule has 0 saturated carbocycles. The summed E-state index contributed by atoms with van der Waals surface area (Å²) < 4.78 is 2.05. The molecule has 1 atom stereocenters. The van der Waals surface area contributed by atoms with Gasteiger partial charge in [0.15, 0.2) is 0 Å². The van der Waals surface area contributed by atoms with Crippen molar-refractivity contribution in [2.75, 3.05) is 0 Å². The quantitative estimate of drug-likeness (QED) is 0.799. The molecule has 2 aromatic heterocycles. The number of fused-ring (bicyclic) bond motifs is 1. The fourth-order valence-electron chi connectivity index (χ4n) is 2.56. The van der Waals surface area contributed by atoms with Gasteiger partial charge >= 0.3 is 0 Å². The maximum Gasteiger partial charge on any atom is 0.111 e. The van der Waals surface area contributed by atoms with E-state index in [1.165, 1.54) is 0 Å². The second kappa shape index (κ2) is 5.66. The van der Waals surface area contributed by atoms with Crippen molar-refractivity contribution in [3.63, 3.8) is 0 Å². The van der Waals surface area contributed by atoms with E-state index in [-0.39, 0.29) is 0 Å². The molecule has 108 valence electrons. The third-order valence-corrected chi connectivity index (χ3v) is 3.76. The van der Waals surface area contributed by atoms with Crippen LogP contribution in [0.2, 0.25) is 0 Å². The Labute approximate surface area is 124 Å². The Morgan fingerprint density at radius 3 is 2.90 bits per heavy atom. The highest BCUT2D eigenvalue weighted by Crippen LogP contribution is 2.22. The van der Waals surface area contributed by atoms with Crippen LogP contribution in [0.4, 0.5) is 0 Å². The molecule has 1 aromatic carbocycles. The summed E-state index contributed by atoms with van der Waals surface area (Å²) in [6, 6.07) is 9.95. The number of aromatic nitrogens is 3. The van der Waals surface area contributed by atoms with E-state index in [1.807, 2.05) is 43.5 Å². The van der Waals surface area contributed by atoms with Gasteiger partial charge < -0.3 is 9.67 Å². The number of hydrogen-bond donors (Lipinski definition) is 1. The van der Waals surface area contributed by atoms with Gasteiger partial charge in [0.2, 0.25) is 0 Å². The first kappa shape index (κ1) is 13.8. The van der Waals surface area contributed by atoms with Crippen molar-refractivity contribution >= 4 is 10.9 Å². The Kier molecular flexibility index (Phi) is 3.71. The van der Waals surface area contributed by atoms with Crippen LogP contribution in [0.1, 0.15) is 30.1 Å². The van der Waals surface area contributed by atoms with E-state index in [0.29, 0.717) is 6.42 Å². The zero-order chi connectivity index (χ0) is 14.8. The van der Waals surface area contributed by atoms with Gasteiger partial charge in [-0.15, -0.1) is 0 Å². The summed E-state index contributed by atoms with van der Waals surface area (Å²) in [5, 5.41) is 11.5. The molecule has 0 aliphatic heterocycles. The van der Waals surface area contributed by atoms with E-state index < -0.39 is 6.10 Å². The van der Waals surface area contributed by atoms with E-state index in [0.717, 1.165) is 34.5 Å². The predicted octanol–water partition coefficient (Wildman–Crippen LogP) is 3.04. The fourth-order valence-corrected chi connectivity index (χ4v) is 2.56. The maximum atomic E-state index is 10.5. The molecule has 0 saturated heterocycles. The molecule has 3 aromatic rings. The van der Waals surface area contributed by atoms with Crippen LogP contribution in [0.25, 0.3) is 10.9 Å². The predicted molar refractivity (Wildman–Crippen MR) is 83.0 cm³/mol. The molecule has 3 rings (SSSR count). The van der Waals surface area contributed by atoms with E-state index >= 15 is 0 Å². The Bertz CT molecular complexity index is 764. The molecule has 4 nitrogen and oxygen atoms in total. The van der Waals surface area contributed by atoms with Crippen LogP contribution in [-0.2, 0) is 13.0 Å². The van der Waals surface area contributed by atoms with Crippen molar-refractivity contribution < 1.29 is 5.11 Å². The van der Waals surface area contributed by atoms with Gasteiger partial charge in [-0.1, -0.05) is 12.1 Å². The lowest BCUT2D eigenvalue weighted by molar-refractivity contribution is 0.174. The number of nitrogens with zero attached hydrogens (tertiary/aromatic N) is 3. The highest BCUT2D eigenvalue weighted by molar-refractivity contribution is 5.79. The molecule has 0 radical (unpaired) electrons. The number of rotatable bonds is 4. The van der Waals surface area contributed by atoms with Crippen molar-refractivity contribution in [2.45, 2.75) is 32.9 Å². The van der Waals surface area contributed by atoms with Crippen molar-refractivity contribution in [1.82, 2.24) is 14.5 Å². The number of aryl methyl sites for hydroxylation is 2. The van der Waals surface area contributed by atoms with Crippen LogP contribution >= 0.6 is 0 Å². The van der Waals surface area contributed by atoms with Crippen molar-refractivity contribution in [2.24, 2.45) is 0 Å². The zero-order valence-electron chi connectivity index (χ0n) is 12.3. The summed E-state index contributed by atoms with van der Waals surface area (Å²) in [6.45, 7) is 4.91. The van der Waals surface area contributed by atoms with E-state index in [9.17, 15) is 5.11 Å². The molecule has 0 amide bonds. The van der Waals surface area contributed by atoms with E-state index in [2.05, 4.69) is 21.5 Å². The SMILES string of the molecule is CCn1ccnc1CC(O)c1ccc2nc(C)ccc2c1. The number of imidazole rings is 1. The summed E-state index contributed by atoms with van der Waals surface area (Å²) in [5.41, 5.74) is 2.86. The molecule has 1 N–H and O–H groups in total. The molecule has 1 unspecified atom stereocenters. The van der Waals surface area contributed by atoms with Crippen LogP contribution in [0.15, 0.2) is 42.7 Å². The summed E-state index contributed by atoms with van der Waals surface area (Å²) in [7, 11) is 0. The van der Waals surface area contributed by atoms with E-state index in [4.69, 9.17) is 0 Å². The summed E-state index contributed by atoms with van der Waals surface area (Å²) in [5.74, 6) is 0.909. The van der Waals surface area contributed by atoms with Crippen molar-refractivity contribution in [3.8, 4) is 0 Å². The number of aliphatic hydroxyl groups is 1. The summed E-state index contributed by atoms with van der Waals surface area (Å²) in [6.07, 6.45) is 3.68. The molecule has 0 spiro atoms. The van der Waals surface area contributed by atoms with Gasteiger partial charge in [0.05, 0.1) is 11.6 Å². The molecule has 2 heterocycles. The van der Waals surface area contributed by atoms with Gasteiger partial charge in [0, 0.05) is 36.4 Å². The van der Waals surface area contributed by atoms with Gasteiger partial charge in [0.1, 0.15) is 5.82 Å². The maximum absolute atomic E-state index is 10.5. The first-order valence-corrected chi connectivity index (χ1v) is 7.22. The van der Waals surface area contributed by atoms with Gasteiger partial charge in [-0.3, -0.25) is 4.98 Å². The summed E-state index contributed by atoms with van der Waals surface area (Å²) in [4.78, 5) is 8.80. The van der Waals surface area contributed by atoms with Gasteiger partial charge in [-0.25, -0.2) is 4.98 Å². The highest BCUT2D eigenvalue weighted by atomic mass is 16.3. The molecule has 0 aliphatic carbocycles. The second-order valence-corrected chi connectivity index (χ2v) is 5.25. The average molecular weight is 281 g/mol. The summed E-state index contributed by atoms with van der Waals surface area (Å²) >= 11 is 0. The van der Waals surface area contributed by atoms with Gasteiger partial charge in [-0.05, 0) is 37.6 Å². The van der Waals surface area contributed by atoms with Crippen LogP contribution in [0.5, 0.6) is 0 Å². The first-order chi connectivity index (χ1) is 10.2. The largest absolute Gasteiger partial charge is 0.388 e. The Balaban J connectivity index is 1.87. The average Bonchev–Trinajstić information content (AvgIpc) is 2.93. The van der Waals surface area contributed by atoms with Gasteiger partial charge in [0.25, 0.3) is 0 Å². The van der Waals surface area contributed by atoms with Gasteiger partial charge in [-0.2, -0.15) is 0 Å². The highest BCUT2D eigenvalue weighted by Gasteiger charge is 2.12. The van der Waals surface area contributed by atoms with E-state index in [1.54, 1.807) is 6.20 Å². The minimum absolute atomic E-state index is 0.519.